The van der Waals surface area contributed by atoms with Gasteiger partial charge in [-0.25, -0.2) is 0 Å². The van der Waals surface area contributed by atoms with E-state index in [1.165, 1.54) is 0 Å². The summed E-state index contributed by atoms with van der Waals surface area (Å²) in [4.78, 5) is 10.5. The van der Waals surface area contributed by atoms with Gasteiger partial charge in [0.1, 0.15) is 6.29 Å². The van der Waals surface area contributed by atoms with Crippen molar-refractivity contribution in [2.45, 2.75) is 89.6 Å². The maximum atomic E-state index is 10.5. The van der Waals surface area contributed by atoms with Crippen molar-refractivity contribution >= 4 is 14.6 Å². The lowest BCUT2D eigenvalue weighted by atomic mass is 9.85. The Kier molecular flexibility index (Phi) is 8.18. The van der Waals surface area contributed by atoms with E-state index < -0.39 is 8.32 Å². The third-order valence-electron chi connectivity index (χ3n) is 5.60. The highest BCUT2D eigenvalue weighted by molar-refractivity contribution is 6.77. The molecule has 0 saturated heterocycles. The second kappa shape index (κ2) is 9.14. The Balaban J connectivity index is 2.92. The summed E-state index contributed by atoms with van der Waals surface area (Å²) in [5.74, 6) is 0.429. The molecule has 134 valence electrons. The van der Waals surface area contributed by atoms with E-state index >= 15 is 0 Å². The van der Waals surface area contributed by atoms with E-state index in [2.05, 4.69) is 41.5 Å². The van der Waals surface area contributed by atoms with Gasteiger partial charge in [0, 0.05) is 7.11 Å². The molecule has 0 radical (unpaired) electrons. The predicted molar refractivity (Wildman–Crippen MR) is 99.3 cm³/mol. The number of hydrogen-bond acceptors (Lipinski definition) is 3. The molecule has 1 saturated carbocycles. The van der Waals surface area contributed by atoms with Gasteiger partial charge in [-0.2, -0.15) is 0 Å². The van der Waals surface area contributed by atoms with E-state index in [4.69, 9.17) is 9.16 Å². The molecule has 2 unspecified atom stereocenters. The van der Waals surface area contributed by atoms with Crippen LogP contribution in [0, 0.1) is 5.92 Å². The Morgan fingerprint density at radius 2 is 1.52 bits per heavy atom. The zero-order chi connectivity index (χ0) is 17.6. The fraction of sp³-hybridized carbons (Fsp3) is 0.842. The van der Waals surface area contributed by atoms with Crippen molar-refractivity contribution in [1.82, 2.24) is 0 Å². The second-order valence-corrected chi connectivity index (χ2v) is 13.2. The molecule has 3 atom stereocenters. The van der Waals surface area contributed by atoms with Crippen molar-refractivity contribution in [1.29, 1.82) is 0 Å². The van der Waals surface area contributed by atoms with E-state index in [-0.39, 0.29) is 12.2 Å². The van der Waals surface area contributed by atoms with Crippen LogP contribution in [0.1, 0.15) is 60.8 Å². The normalized spacial score (nSPS) is 26.6. The lowest BCUT2D eigenvalue weighted by Crippen LogP contribution is -2.53. The van der Waals surface area contributed by atoms with Crippen LogP contribution in [0.5, 0.6) is 0 Å². The highest BCUT2D eigenvalue weighted by atomic mass is 28.4. The molecule has 1 rings (SSSR count). The highest BCUT2D eigenvalue weighted by Crippen LogP contribution is 2.45. The average Bonchev–Trinajstić information content (AvgIpc) is 2.49. The molecule has 0 bridgehead atoms. The number of rotatable bonds is 8. The average molecular weight is 341 g/mol. The van der Waals surface area contributed by atoms with Gasteiger partial charge < -0.3 is 9.16 Å². The zero-order valence-corrected chi connectivity index (χ0v) is 17.0. The van der Waals surface area contributed by atoms with Gasteiger partial charge in [-0.3, -0.25) is 4.79 Å². The van der Waals surface area contributed by atoms with Crippen LogP contribution >= 0.6 is 0 Å². The van der Waals surface area contributed by atoms with E-state index in [9.17, 15) is 4.79 Å². The van der Waals surface area contributed by atoms with Gasteiger partial charge in [0.15, 0.2) is 0 Å². The van der Waals surface area contributed by atoms with Crippen LogP contribution in [0.4, 0.5) is 0 Å². The molecule has 0 aliphatic heterocycles. The summed E-state index contributed by atoms with van der Waals surface area (Å²) in [6.45, 7) is 14.0. The van der Waals surface area contributed by atoms with Crippen LogP contribution in [0.3, 0.4) is 0 Å². The summed E-state index contributed by atoms with van der Waals surface area (Å²) >= 11 is 0. The number of hydrogen-bond donors (Lipinski definition) is 0. The lowest BCUT2D eigenvalue weighted by Gasteiger charge is -2.47. The molecular formula is C19H36O3Si. The van der Waals surface area contributed by atoms with Crippen LogP contribution in [0.15, 0.2) is 12.2 Å². The minimum Gasteiger partial charge on any atom is -0.411 e. The molecule has 1 aliphatic rings. The maximum Gasteiger partial charge on any atom is 0.200 e. The van der Waals surface area contributed by atoms with Crippen molar-refractivity contribution in [3.05, 3.63) is 12.2 Å². The van der Waals surface area contributed by atoms with Crippen molar-refractivity contribution in [2.24, 2.45) is 5.92 Å². The predicted octanol–water partition coefficient (Wildman–Crippen LogP) is 5.12. The summed E-state index contributed by atoms with van der Waals surface area (Å²) in [7, 11) is -0.0867. The Morgan fingerprint density at radius 3 is 1.96 bits per heavy atom. The van der Waals surface area contributed by atoms with Crippen LogP contribution in [-0.4, -0.2) is 33.9 Å². The summed E-state index contributed by atoms with van der Waals surface area (Å²) in [5.41, 5.74) is 1.77. The first kappa shape index (κ1) is 20.6. The van der Waals surface area contributed by atoms with Gasteiger partial charge in [0.25, 0.3) is 0 Å². The van der Waals surface area contributed by atoms with Gasteiger partial charge in [-0.15, -0.1) is 0 Å². The standard InChI is InChI=1S/C19H36O3Si/c1-14(2)23(15(3)4,16(5)6)22-18-11-10-17(9-8-12-20)13-19(18)21-7/h8-9,12,14-19H,10-11,13H2,1-7H3/t17?,18-,19?/m1/s1. The summed E-state index contributed by atoms with van der Waals surface area (Å²) in [6.07, 6.45) is 7.87. The number of carbonyl (C=O) groups is 1. The number of carbonyl (C=O) groups excluding carboxylic acids is 1. The fourth-order valence-corrected chi connectivity index (χ4v) is 10.2. The van der Waals surface area contributed by atoms with E-state index in [1.54, 1.807) is 13.2 Å². The second-order valence-electron chi connectivity index (χ2n) is 7.84. The Bertz CT molecular complexity index is 368. The summed E-state index contributed by atoms with van der Waals surface area (Å²) in [6, 6.07) is 0. The first-order chi connectivity index (χ1) is 10.8. The monoisotopic (exact) mass is 340 g/mol. The molecule has 3 nitrogen and oxygen atoms in total. The van der Waals surface area contributed by atoms with E-state index in [0.717, 1.165) is 25.5 Å². The number of allylic oxidation sites excluding steroid dienone is 2. The first-order valence-corrected chi connectivity index (χ1v) is 11.3. The van der Waals surface area contributed by atoms with Crippen LogP contribution < -0.4 is 0 Å². The quantitative estimate of drug-likeness (QED) is 0.349. The number of methoxy groups -OCH3 is 1. The Labute approximate surface area is 144 Å². The van der Waals surface area contributed by atoms with Gasteiger partial charge >= 0.3 is 0 Å². The largest absolute Gasteiger partial charge is 0.411 e. The van der Waals surface area contributed by atoms with Crippen molar-refractivity contribution in [3.63, 3.8) is 0 Å². The minimum atomic E-state index is -1.87. The molecule has 0 amide bonds. The summed E-state index contributed by atoms with van der Waals surface area (Å²) in [5, 5.41) is 0. The third kappa shape index (κ3) is 4.77. The van der Waals surface area contributed by atoms with Gasteiger partial charge in [-0.05, 0) is 47.9 Å². The fourth-order valence-electron chi connectivity index (χ4n) is 4.56. The van der Waals surface area contributed by atoms with Crippen molar-refractivity contribution in [3.8, 4) is 0 Å². The summed E-state index contributed by atoms with van der Waals surface area (Å²) < 4.78 is 12.7. The Hall–Kier alpha value is -0.453. The Morgan fingerprint density at radius 1 is 0.957 bits per heavy atom. The smallest absolute Gasteiger partial charge is 0.200 e. The van der Waals surface area contributed by atoms with Crippen LogP contribution in [0.25, 0.3) is 0 Å². The molecule has 23 heavy (non-hydrogen) atoms. The lowest BCUT2D eigenvalue weighted by molar-refractivity contribution is -0.104. The molecule has 0 N–H and O–H groups in total. The van der Waals surface area contributed by atoms with Gasteiger partial charge in [0.2, 0.25) is 8.32 Å². The molecule has 0 aromatic carbocycles. The van der Waals surface area contributed by atoms with Gasteiger partial charge in [0.05, 0.1) is 12.2 Å². The van der Waals surface area contributed by atoms with Crippen molar-refractivity contribution in [2.75, 3.05) is 7.11 Å². The molecule has 1 fully saturated rings. The third-order valence-corrected chi connectivity index (χ3v) is 11.7. The molecule has 0 aromatic heterocycles. The van der Waals surface area contributed by atoms with Crippen LogP contribution in [-0.2, 0) is 14.0 Å². The maximum absolute atomic E-state index is 10.5. The molecule has 0 aromatic rings. The van der Waals surface area contributed by atoms with E-state index in [1.807, 2.05) is 6.08 Å². The zero-order valence-electron chi connectivity index (χ0n) is 16.0. The number of ether oxygens (including phenoxy) is 1. The van der Waals surface area contributed by atoms with Crippen molar-refractivity contribution < 1.29 is 14.0 Å². The topological polar surface area (TPSA) is 35.5 Å². The van der Waals surface area contributed by atoms with E-state index in [0.29, 0.717) is 22.5 Å². The van der Waals surface area contributed by atoms with Crippen LogP contribution in [0.2, 0.25) is 16.6 Å². The first-order valence-electron chi connectivity index (χ1n) is 9.12. The minimum absolute atomic E-state index is 0.133. The molecule has 0 spiro atoms. The molecule has 1 aliphatic carbocycles. The molecular weight excluding hydrogens is 304 g/mol. The molecule has 4 heteroatoms. The highest BCUT2D eigenvalue weighted by Gasteiger charge is 2.48. The molecule has 0 heterocycles. The van der Waals surface area contributed by atoms with Gasteiger partial charge in [-0.1, -0.05) is 47.6 Å². The SMILES string of the molecule is COC1CC(C=CC=O)CC[C@H]1O[Si](C(C)C)(C(C)C)C(C)C. The number of aldehydes is 1.